The van der Waals surface area contributed by atoms with E-state index in [4.69, 9.17) is 4.74 Å². The Morgan fingerprint density at radius 2 is 2.45 bits per heavy atom. The number of ether oxygens (including phenoxy) is 1. The number of hydrogen-bond acceptors (Lipinski definition) is 5. The van der Waals surface area contributed by atoms with E-state index < -0.39 is 0 Å². The molecule has 3 heterocycles. The lowest BCUT2D eigenvalue weighted by molar-refractivity contribution is -0.124. The highest BCUT2D eigenvalue weighted by molar-refractivity contribution is 7.09. The molecule has 1 saturated heterocycles. The standard InChI is InChI=1S/C15H20N4O2S/c20-15(16-9-14-3-1-8-22-14)12-18-6-7-21-13(10-18)11-19-5-2-4-17-19/h1-5,8,13H,6-7,9-12H2,(H,16,20). The van der Waals surface area contributed by atoms with Crippen LogP contribution in [0.5, 0.6) is 0 Å². The zero-order chi connectivity index (χ0) is 15.2. The highest BCUT2D eigenvalue weighted by Gasteiger charge is 2.22. The Morgan fingerprint density at radius 3 is 3.23 bits per heavy atom. The SMILES string of the molecule is O=C(CN1CCOC(Cn2cccn2)C1)NCc1cccs1. The number of rotatable bonds is 6. The molecule has 1 aliphatic rings. The molecule has 6 nitrogen and oxygen atoms in total. The summed E-state index contributed by atoms with van der Waals surface area (Å²) in [5, 5.41) is 9.18. The quantitative estimate of drug-likeness (QED) is 0.861. The van der Waals surface area contributed by atoms with E-state index in [0.29, 0.717) is 19.7 Å². The van der Waals surface area contributed by atoms with Crippen molar-refractivity contribution in [3.8, 4) is 0 Å². The number of aromatic nitrogens is 2. The van der Waals surface area contributed by atoms with E-state index in [1.807, 2.05) is 34.5 Å². The second kappa shape index (κ2) is 7.53. The van der Waals surface area contributed by atoms with Gasteiger partial charge in [-0.1, -0.05) is 6.07 Å². The molecule has 0 spiro atoms. The Morgan fingerprint density at radius 1 is 1.50 bits per heavy atom. The summed E-state index contributed by atoms with van der Waals surface area (Å²) >= 11 is 1.66. The van der Waals surface area contributed by atoms with Crippen molar-refractivity contribution >= 4 is 17.2 Å². The van der Waals surface area contributed by atoms with Crippen molar-refractivity contribution in [2.24, 2.45) is 0 Å². The minimum atomic E-state index is 0.0631. The summed E-state index contributed by atoms with van der Waals surface area (Å²) in [4.78, 5) is 15.3. The Labute approximate surface area is 133 Å². The molecule has 22 heavy (non-hydrogen) atoms. The topological polar surface area (TPSA) is 59.4 Å². The van der Waals surface area contributed by atoms with Gasteiger partial charge < -0.3 is 10.1 Å². The molecule has 1 unspecified atom stereocenters. The Kier molecular flexibility index (Phi) is 5.20. The van der Waals surface area contributed by atoms with Gasteiger partial charge in [0.2, 0.25) is 5.91 Å². The second-order valence-electron chi connectivity index (χ2n) is 5.31. The summed E-state index contributed by atoms with van der Waals surface area (Å²) in [6, 6.07) is 5.92. The Bertz CT molecular complexity index is 570. The van der Waals surface area contributed by atoms with Crippen LogP contribution in [0.1, 0.15) is 4.88 Å². The van der Waals surface area contributed by atoms with Crippen LogP contribution >= 0.6 is 11.3 Å². The van der Waals surface area contributed by atoms with Gasteiger partial charge in [0, 0.05) is 30.4 Å². The number of nitrogens with one attached hydrogen (secondary N) is 1. The summed E-state index contributed by atoms with van der Waals surface area (Å²) in [5.74, 6) is 0.0631. The number of amides is 1. The maximum atomic E-state index is 12.0. The monoisotopic (exact) mass is 320 g/mol. The van der Waals surface area contributed by atoms with E-state index in [9.17, 15) is 4.79 Å². The average molecular weight is 320 g/mol. The van der Waals surface area contributed by atoms with E-state index in [1.54, 1.807) is 17.5 Å². The van der Waals surface area contributed by atoms with Gasteiger partial charge in [0.1, 0.15) is 0 Å². The van der Waals surface area contributed by atoms with E-state index in [2.05, 4.69) is 15.3 Å². The molecule has 0 radical (unpaired) electrons. The minimum absolute atomic E-state index is 0.0631. The summed E-state index contributed by atoms with van der Waals surface area (Å²) in [5.41, 5.74) is 0. The summed E-state index contributed by atoms with van der Waals surface area (Å²) in [6.07, 6.45) is 3.77. The molecule has 1 aliphatic heterocycles. The van der Waals surface area contributed by atoms with Gasteiger partial charge in [-0.25, -0.2) is 0 Å². The number of carbonyl (C=O) groups excluding carboxylic acids is 1. The molecule has 1 N–H and O–H groups in total. The van der Waals surface area contributed by atoms with E-state index in [1.165, 1.54) is 4.88 Å². The number of morpholine rings is 1. The lowest BCUT2D eigenvalue weighted by atomic mass is 10.2. The normalized spacial score (nSPS) is 19.2. The molecule has 1 atom stereocenters. The van der Waals surface area contributed by atoms with Crippen molar-refractivity contribution in [2.45, 2.75) is 19.2 Å². The summed E-state index contributed by atoms with van der Waals surface area (Å²) in [6.45, 7) is 3.96. The summed E-state index contributed by atoms with van der Waals surface area (Å²) < 4.78 is 7.62. The van der Waals surface area contributed by atoms with Crippen molar-refractivity contribution in [2.75, 3.05) is 26.2 Å². The third kappa shape index (κ3) is 4.40. The Balaban J connectivity index is 1.42. The first kappa shape index (κ1) is 15.2. The molecule has 0 bridgehead atoms. The molecule has 0 aromatic carbocycles. The van der Waals surface area contributed by atoms with Crippen LogP contribution in [0.4, 0.5) is 0 Å². The zero-order valence-corrected chi connectivity index (χ0v) is 13.2. The van der Waals surface area contributed by atoms with E-state index in [-0.39, 0.29) is 12.0 Å². The molecule has 2 aromatic heterocycles. The van der Waals surface area contributed by atoms with Crippen molar-refractivity contribution in [1.29, 1.82) is 0 Å². The van der Waals surface area contributed by atoms with Crippen LogP contribution in [0, 0.1) is 0 Å². The predicted molar refractivity (Wildman–Crippen MR) is 84.6 cm³/mol. The minimum Gasteiger partial charge on any atom is -0.374 e. The highest BCUT2D eigenvalue weighted by atomic mass is 32.1. The van der Waals surface area contributed by atoms with Gasteiger partial charge in [-0.15, -0.1) is 11.3 Å². The van der Waals surface area contributed by atoms with E-state index in [0.717, 1.165) is 19.6 Å². The van der Waals surface area contributed by atoms with Gasteiger partial charge in [-0.05, 0) is 17.5 Å². The number of hydrogen-bond donors (Lipinski definition) is 1. The predicted octanol–water partition coefficient (Wildman–Crippen LogP) is 0.962. The van der Waals surface area contributed by atoms with Gasteiger partial charge in [0.05, 0.1) is 32.3 Å². The first-order valence-corrected chi connectivity index (χ1v) is 8.28. The number of carbonyl (C=O) groups is 1. The van der Waals surface area contributed by atoms with E-state index >= 15 is 0 Å². The molecule has 1 amide bonds. The van der Waals surface area contributed by atoms with Crippen molar-refractivity contribution in [3.63, 3.8) is 0 Å². The van der Waals surface area contributed by atoms with Crippen molar-refractivity contribution in [1.82, 2.24) is 20.0 Å². The molecule has 0 saturated carbocycles. The number of thiophene rings is 1. The van der Waals surface area contributed by atoms with Crippen molar-refractivity contribution in [3.05, 3.63) is 40.8 Å². The van der Waals surface area contributed by atoms with Crippen LogP contribution in [0.3, 0.4) is 0 Å². The fraction of sp³-hybridized carbons (Fsp3) is 0.467. The highest BCUT2D eigenvalue weighted by Crippen LogP contribution is 2.09. The molecule has 1 fully saturated rings. The lowest BCUT2D eigenvalue weighted by Gasteiger charge is -2.32. The lowest BCUT2D eigenvalue weighted by Crippen LogP contribution is -2.48. The number of nitrogens with zero attached hydrogens (tertiary/aromatic N) is 3. The molecule has 3 rings (SSSR count). The molecule has 118 valence electrons. The Hall–Kier alpha value is -1.70. The molecular weight excluding hydrogens is 300 g/mol. The van der Waals surface area contributed by atoms with Crippen molar-refractivity contribution < 1.29 is 9.53 Å². The summed E-state index contributed by atoms with van der Waals surface area (Å²) in [7, 11) is 0. The zero-order valence-electron chi connectivity index (χ0n) is 12.4. The van der Waals surface area contributed by atoms with Gasteiger partial charge in [-0.3, -0.25) is 14.4 Å². The molecule has 7 heteroatoms. The fourth-order valence-corrected chi connectivity index (χ4v) is 3.15. The van der Waals surface area contributed by atoms with Crippen LogP contribution in [0.25, 0.3) is 0 Å². The molecular formula is C15H20N4O2S. The largest absolute Gasteiger partial charge is 0.374 e. The first-order chi connectivity index (χ1) is 10.8. The molecule has 0 aliphatic carbocycles. The average Bonchev–Trinajstić information content (AvgIpc) is 3.19. The van der Waals surface area contributed by atoms with Crippen LogP contribution in [0.2, 0.25) is 0 Å². The second-order valence-corrected chi connectivity index (χ2v) is 6.34. The van der Waals surface area contributed by atoms with Gasteiger partial charge in [0.15, 0.2) is 0 Å². The van der Waals surface area contributed by atoms with Crippen LogP contribution in [0.15, 0.2) is 36.0 Å². The molecule has 2 aromatic rings. The third-order valence-electron chi connectivity index (χ3n) is 3.58. The van der Waals surface area contributed by atoms with Gasteiger partial charge >= 0.3 is 0 Å². The maximum Gasteiger partial charge on any atom is 0.234 e. The maximum absolute atomic E-state index is 12.0. The smallest absolute Gasteiger partial charge is 0.234 e. The van der Waals surface area contributed by atoms with Gasteiger partial charge in [0.25, 0.3) is 0 Å². The fourth-order valence-electron chi connectivity index (χ4n) is 2.51. The van der Waals surface area contributed by atoms with Crippen LogP contribution in [-0.4, -0.2) is 52.9 Å². The van der Waals surface area contributed by atoms with Crippen LogP contribution < -0.4 is 5.32 Å². The van der Waals surface area contributed by atoms with Gasteiger partial charge in [-0.2, -0.15) is 5.10 Å². The third-order valence-corrected chi connectivity index (χ3v) is 4.46. The van der Waals surface area contributed by atoms with Crippen LogP contribution in [-0.2, 0) is 22.6 Å². The first-order valence-electron chi connectivity index (χ1n) is 7.40.